The number of hydrogen-bond donors (Lipinski definition) is 2. The fourth-order valence-electron chi connectivity index (χ4n) is 2.05. The Morgan fingerprint density at radius 1 is 1.30 bits per heavy atom. The van der Waals surface area contributed by atoms with Crippen LogP contribution in [0.3, 0.4) is 0 Å². The van der Waals surface area contributed by atoms with Gasteiger partial charge < -0.3 is 15.4 Å². The van der Waals surface area contributed by atoms with E-state index in [1.54, 1.807) is 7.11 Å². The van der Waals surface area contributed by atoms with Crippen molar-refractivity contribution in [2.45, 2.75) is 26.3 Å². The molecule has 0 aliphatic heterocycles. The molecule has 4 heteroatoms. The fourth-order valence-corrected chi connectivity index (χ4v) is 2.05. The number of rotatable bonds is 8. The van der Waals surface area contributed by atoms with E-state index in [-0.39, 0.29) is 11.9 Å². The zero-order valence-electron chi connectivity index (χ0n) is 12.9. The number of amides is 1. The molecule has 0 heterocycles. The van der Waals surface area contributed by atoms with E-state index in [4.69, 9.17) is 4.74 Å². The van der Waals surface area contributed by atoms with Crippen LogP contribution >= 0.6 is 0 Å². The highest BCUT2D eigenvalue weighted by Gasteiger charge is 2.18. The Labute approximate surface area is 121 Å². The van der Waals surface area contributed by atoms with Gasteiger partial charge >= 0.3 is 0 Å². The molecule has 20 heavy (non-hydrogen) atoms. The molecular formula is C16H26N2O2. The zero-order chi connectivity index (χ0) is 15.0. The molecule has 0 aliphatic rings. The average molecular weight is 278 g/mol. The lowest BCUT2D eigenvalue weighted by molar-refractivity contribution is 0.0865. The number of benzene rings is 1. The quantitative estimate of drug-likeness (QED) is 0.763. The Morgan fingerprint density at radius 2 is 2.00 bits per heavy atom. The highest BCUT2D eigenvalue weighted by atomic mass is 16.5. The van der Waals surface area contributed by atoms with E-state index in [9.17, 15) is 4.79 Å². The van der Waals surface area contributed by atoms with Crippen LogP contribution in [0.5, 0.6) is 0 Å². The summed E-state index contributed by atoms with van der Waals surface area (Å²) in [5.41, 5.74) is 1.82. The maximum Gasteiger partial charge on any atom is 0.251 e. The molecular weight excluding hydrogens is 252 g/mol. The van der Waals surface area contributed by atoms with Gasteiger partial charge in [0.25, 0.3) is 5.91 Å². The van der Waals surface area contributed by atoms with Gasteiger partial charge in [0.1, 0.15) is 0 Å². The molecule has 1 atom stereocenters. The minimum Gasteiger partial charge on any atom is -0.383 e. The molecule has 1 aromatic rings. The van der Waals surface area contributed by atoms with E-state index < -0.39 is 0 Å². The Morgan fingerprint density at radius 3 is 2.60 bits per heavy atom. The second-order valence-corrected chi connectivity index (χ2v) is 5.29. The van der Waals surface area contributed by atoms with Crippen molar-refractivity contribution in [3.05, 3.63) is 35.4 Å². The standard InChI is InChI=1S/C16H26N2O2/c1-12(2)15(11-20-4)18-16(19)14-8-6-5-7-13(14)9-10-17-3/h5-8,12,15,17H,9-11H2,1-4H3,(H,18,19). The molecule has 0 spiro atoms. The fraction of sp³-hybridized carbons (Fsp3) is 0.562. The van der Waals surface area contributed by atoms with Crippen molar-refractivity contribution in [2.75, 3.05) is 27.3 Å². The summed E-state index contributed by atoms with van der Waals surface area (Å²) in [4.78, 5) is 12.4. The third-order valence-corrected chi connectivity index (χ3v) is 3.37. The second kappa shape index (κ2) is 8.72. The van der Waals surface area contributed by atoms with Gasteiger partial charge in [-0.05, 0) is 37.6 Å². The molecule has 0 fully saturated rings. The zero-order valence-corrected chi connectivity index (χ0v) is 12.9. The molecule has 0 saturated heterocycles. The van der Waals surface area contributed by atoms with Crippen LogP contribution in [-0.4, -0.2) is 39.3 Å². The summed E-state index contributed by atoms with van der Waals surface area (Å²) in [6.45, 7) is 5.55. The minimum absolute atomic E-state index is 0.0209. The Hall–Kier alpha value is -1.39. The van der Waals surface area contributed by atoms with Crippen molar-refractivity contribution >= 4 is 5.91 Å². The lowest BCUT2D eigenvalue weighted by atomic mass is 10.0. The van der Waals surface area contributed by atoms with Gasteiger partial charge in [-0.25, -0.2) is 0 Å². The van der Waals surface area contributed by atoms with E-state index in [0.717, 1.165) is 24.1 Å². The predicted octanol–water partition coefficient (Wildman–Crippen LogP) is 1.85. The summed E-state index contributed by atoms with van der Waals surface area (Å²) in [7, 11) is 3.57. The molecule has 1 rings (SSSR count). The summed E-state index contributed by atoms with van der Waals surface area (Å²) in [6, 6.07) is 7.79. The summed E-state index contributed by atoms with van der Waals surface area (Å²) in [6.07, 6.45) is 0.844. The third kappa shape index (κ3) is 4.94. The van der Waals surface area contributed by atoms with Crippen molar-refractivity contribution in [2.24, 2.45) is 5.92 Å². The first-order chi connectivity index (χ1) is 9.60. The lowest BCUT2D eigenvalue weighted by Gasteiger charge is -2.22. The molecule has 0 aromatic heterocycles. The third-order valence-electron chi connectivity index (χ3n) is 3.37. The molecule has 0 bridgehead atoms. The molecule has 0 saturated carbocycles. The van der Waals surface area contributed by atoms with Crippen LogP contribution in [0.1, 0.15) is 29.8 Å². The van der Waals surface area contributed by atoms with Crippen LogP contribution in [0.2, 0.25) is 0 Å². The number of carbonyl (C=O) groups is 1. The maximum absolute atomic E-state index is 12.4. The molecule has 1 unspecified atom stereocenters. The van der Waals surface area contributed by atoms with Crippen molar-refractivity contribution in [3.63, 3.8) is 0 Å². The number of likely N-dealkylation sites (N-methyl/N-ethyl adjacent to an activating group) is 1. The average Bonchev–Trinajstić information content (AvgIpc) is 2.44. The van der Waals surface area contributed by atoms with Gasteiger partial charge in [0.2, 0.25) is 0 Å². The summed E-state index contributed by atoms with van der Waals surface area (Å²) >= 11 is 0. The van der Waals surface area contributed by atoms with E-state index in [2.05, 4.69) is 24.5 Å². The van der Waals surface area contributed by atoms with Gasteiger partial charge in [0.15, 0.2) is 0 Å². The van der Waals surface area contributed by atoms with Gasteiger partial charge in [-0.15, -0.1) is 0 Å². The topological polar surface area (TPSA) is 50.4 Å². The summed E-state index contributed by atoms with van der Waals surface area (Å²) in [5.74, 6) is 0.316. The van der Waals surface area contributed by atoms with Crippen LogP contribution in [-0.2, 0) is 11.2 Å². The van der Waals surface area contributed by atoms with E-state index >= 15 is 0 Å². The normalized spacial score (nSPS) is 12.4. The monoisotopic (exact) mass is 278 g/mol. The first-order valence-corrected chi connectivity index (χ1v) is 7.12. The first-order valence-electron chi connectivity index (χ1n) is 7.12. The maximum atomic E-state index is 12.4. The van der Waals surface area contributed by atoms with Crippen LogP contribution < -0.4 is 10.6 Å². The smallest absolute Gasteiger partial charge is 0.251 e. The van der Waals surface area contributed by atoms with Crippen LogP contribution in [0.15, 0.2) is 24.3 Å². The van der Waals surface area contributed by atoms with Gasteiger partial charge in [-0.1, -0.05) is 32.0 Å². The molecule has 2 N–H and O–H groups in total. The van der Waals surface area contributed by atoms with Crippen LogP contribution in [0.25, 0.3) is 0 Å². The van der Waals surface area contributed by atoms with Gasteiger partial charge in [0, 0.05) is 12.7 Å². The first kappa shape index (κ1) is 16.7. The number of nitrogens with one attached hydrogen (secondary N) is 2. The van der Waals surface area contributed by atoms with Crippen LogP contribution in [0, 0.1) is 5.92 Å². The largest absolute Gasteiger partial charge is 0.383 e. The second-order valence-electron chi connectivity index (χ2n) is 5.29. The number of hydrogen-bond acceptors (Lipinski definition) is 3. The van der Waals surface area contributed by atoms with E-state index in [1.807, 2.05) is 31.3 Å². The number of methoxy groups -OCH3 is 1. The summed E-state index contributed by atoms with van der Waals surface area (Å²) in [5, 5.41) is 6.18. The number of ether oxygens (including phenoxy) is 1. The highest BCUT2D eigenvalue weighted by molar-refractivity contribution is 5.95. The predicted molar refractivity (Wildman–Crippen MR) is 82.0 cm³/mol. The molecule has 4 nitrogen and oxygen atoms in total. The Kier molecular flexibility index (Phi) is 7.26. The molecule has 1 aromatic carbocycles. The van der Waals surface area contributed by atoms with Crippen molar-refractivity contribution in [1.29, 1.82) is 0 Å². The van der Waals surface area contributed by atoms with Crippen molar-refractivity contribution in [3.8, 4) is 0 Å². The summed E-state index contributed by atoms with van der Waals surface area (Å²) < 4.78 is 5.17. The van der Waals surface area contributed by atoms with Gasteiger partial charge in [-0.2, -0.15) is 0 Å². The Bertz CT molecular complexity index is 419. The van der Waals surface area contributed by atoms with E-state index in [0.29, 0.717) is 12.5 Å². The SMILES string of the molecule is CNCCc1ccccc1C(=O)NC(COC)C(C)C. The molecule has 112 valence electrons. The highest BCUT2D eigenvalue weighted by Crippen LogP contribution is 2.11. The minimum atomic E-state index is -0.0209. The lowest BCUT2D eigenvalue weighted by Crippen LogP contribution is -2.42. The van der Waals surface area contributed by atoms with Gasteiger partial charge in [-0.3, -0.25) is 4.79 Å². The number of carbonyl (C=O) groups excluding carboxylic acids is 1. The molecule has 1 amide bonds. The molecule has 0 aliphatic carbocycles. The molecule has 0 radical (unpaired) electrons. The van der Waals surface area contributed by atoms with Crippen molar-refractivity contribution < 1.29 is 9.53 Å². The van der Waals surface area contributed by atoms with E-state index in [1.165, 1.54) is 0 Å². The van der Waals surface area contributed by atoms with Gasteiger partial charge in [0.05, 0.1) is 12.6 Å². The van der Waals surface area contributed by atoms with Crippen molar-refractivity contribution in [1.82, 2.24) is 10.6 Å². The Balaban J connectivity index is 2.80. The van der Waals surface area contributed by atoms with Crippen LogP contribution in [0.4, 0.5) is 0 Å².